The fourth-order valence-electron chi connectivity index (χ4n) is 7.71. The van der Waals surface area contributed by atoms with Gasteiger partial charge in [-0.05, 0) is 102 Å². The molecule has 7 rings (SSSR count). The van der Waals surface area contributed by atoms with Gasteiger partial charge in [0.2, 0.25) is 0 Å². The Labute approximate surface area is 277 Å². The third-order valence-corrected chi connectivity index (χ3v) is 9.99. The summed E-state index contributed by atoms with van der Waals surface area (Å²) in [5.41, 5.74) is 12.8. The number of rotatable bonds is 6. The van der Waals surface area contributed by atoms with Crippen molar-refractivity contribution in [2.75, 3.05) is 25.1 Å². The number of aromatic hydroxyl groups is 1. The van der Waals surface area contributed by atoms with Crippen LogP contribution in [-0.4, -0.2) is 58.0 Å². The maximum atomic E-state index is 14.2. The monoisotopic (exact) mass is 655 g/mol. The molecule has 12 nitrogen and oxygen atoms in total. The Balaban J connectivity index is 1.18. The van der Waals surface area contributed by atoms with Crippen LogP contribution in [0.15, 0.2) is 51.8 Å². The van der Waals surface area contributed by atoms with Crippen molar-refractivity contribution < 1.29 is 28.5 Å². The molecular formula is C36H41N5O7. The molecule has 1 aromatic carbocycles. The number of benzene rings is 1. The highest BCUT2D eigenvalue weighted by molar-refractivity contribution is 5.88. The van der Waals surface area contributed by atoms with Crippen molar-refractivity contribution in [1.29, 1.82) is 0 Å². The van der Waals surface area contributed by atoms with E-state index >= 15 is 0 Å². The van der Waals surface area contributed by atoms with E-state index in [1.54, 1.807) is 25.3 Å². The molecule has 6 N–H and O–H groups in total. The fraction of sp³-hybridized carbons (Fsp3) is 0.444. The number of pyridine rings is 2. The molecule has 5 atom stereocenters. The number of epoxide rings is 1. The van der Waals surface area contributed by atoms with E-state index in [0.29, 0.717) is 73.1 Å². The van der Waals surface area contributed by atoms with E-state index < -0.39 is 29.2 Å². The van der Waals surface area contributed by atoms with Crippen LogP contribution in [-0.2, 0) is 20.7 Å². The number of nitrogens with zero attached hydrogens (tertiary/aromatic N) is 2. The van der Waals surface area contributed by atoms with Crippen LogP contribution in [0, 0.1) is 12.8 Å². The normalized spacial score (nSPS) is 26.0. The first-order chi connectivity index (χ1) is 22.9. The highest BCUT2D eigenvalue weighted by Gasteiger charge is 2.65. The molecule has 12 heteroatoms. The summed E-state index contributed by atoms with van der Waals surface area (Å²) >= 11 is 0. The Morgan fingerprint density at radius 3 is 2.69 bits per heavy atom. The Morgan fingerprint density at radius 1 is 1.10 bits per heavy atom. The molecule has 0 saturated carbocycles. The summed E-state index contributed by atoms with van der Waals surface area (Å²) < 4.78 is 24.9. The van der Waals surface area contributed by atoms with Crippen molar-refractivity contribution in [3.63, 3.8) is 0 Å². The molecule has 0 radical (unpaired) electrons. The summed E-state index contributed by atoms with van der Waals surface area (Å²) in [7, 11) is 1.90. The lowest BCUT2D eigenvalue weighted by Crippen LogP contribution is -2.52. The van der Waals surface area contributed by atoms with E-state index in [0.717, 1.165) is 11.1 Å². The van der Waals surface area contributed by atoms with Crippen molar-refractivity contribution in [1.82, 2.24) is 15.3 Å². The lowest BCUT2D eigenvalue weighted by molar-refractivity contribution is -0.170. The number of anilines is 2. The molecule has 2 fully saturated rings. The average molecular weight is 656 g/mol. The van der Waals surface area contributed by atoms with E-state index in [9.17, 15) is 14.7 Å². The molecule has 3 aliphatic heterocycles. The molecule has 0 bridgehead atoms. The summed E-state index contributed by atoms with van der Waals surface area (Å²) in [6.45, 7) is 6.12. The number of carbonyl (C=O) groups is 1. The summed E-state index contributed by atoms with van der Waals surface area (Å²) in [6.07, 6.45) is 3.48. The number of hydrogen-bond acceptors (Lipinski definition) is 12. The first kappa shape index (κ1) is 31.9. The van der Waals surface area contributed by atoms with Crippen LogP contribution in [0.25, 0.3) is 22.2 Å². The third-order valence-electron chi connectivity index (χ3n) is 9.99. The van der Waals surface area contributed by atoms with Gasteiger partial charge in [-0.15, -0.1) is 0 Å². The van der Waals surface area contributed by atoms with Crippen LogP contribution in [0.3, 0.4) is 0 Å². The molecule has 0 aliphatic carbocycles. The first-order valence-corrected chi connectivity index (χ1v) is 16.4. The zero-order chi connectivity index (χ0) is 34.0. The molecular weight excluding hydrogens is 614 g/mol. The second-order valence-electron chi connectivity index (χ2n) is 13.9. The van der Waals surface area contributed by atoms with Crippen molar-refractivity contribution in [3.8, 4) is 22.8 Å². The molecule has 0 unspecified atom stereocenters. The van der Waals surface area contributed by atoms with E-state index in [1.807, 2.05) is 39.1 Å². The molecule has 4 aromatic rings. The van der Waals surface area contributed by atoms with Gasteiger partial charge in [-0.25, -0.2) is 14.8 Å². The summed E-state index contributed by atoms with van der Waals surface area (Å²) in [4.78, 5) is 35.7. The van der Waals surface area contributed by atoms with Crippen molar-refractivity contribution in [3.05, 3.63) is 69.7 Å². The zero-order valence-corrected chi connectivity index (χ0v) is 27.5. The van der Waals surface area contributed by atoms with Gasteiger partial charge in [-0.1, -0.05) is 0 Å². The van der Waals surface area contributed by atoms with Crippen molar-refractivity contribution in [2.45, 2.75) is 82.2 Å². The summed E-state index contributed by atoms with van der Waals surface area (Å²) in [5, 5.41) is 15.0. The van der Waals surface area contributed by atoms with Crippen LogP contribution in [0.1, 0.15) is 62.3 Å². The largest absolute Gasteiger partial charge is 0.507 e. The minimum absolute atomic E-state index is 0.0899. The Kier molecular flexibility index (Phi) is 7.83. The number of nitrogens with two attached hydrogens (primary N) is 2. The van der Waals surface area contributed by atoms with Gasteiger partial charge >= 0.3 is 5.97 Å². The molecule has 252 valence electrons. The Bertz CT molecular complexity index is 1980. The summed E-state index contributed by atoms with van der Waals surface area (Å²) in [6, 6.07) is 10.4. The molecule has 2 saturated heterocycles. The van der Waals surface area contributed by atoms with E-state index in [-0.39, 0.29) is 34.2 Å². The second kappa shape index (κ2) is 11.8. The number of phenolic OH excluding ortho intramolecular Hbond substituents is 1. The lowest BCUT2D eigenvalue weighted by Gasteiger charge is -2.45. The number of nitrogens with one attached hydrogen (secondary N) is 1. The number of aryl methyl sites for hydroxylation is 2. The average Bonchev–Trinajstić information content (AvgIpc) is 3.72. The van der Waals surface area contributed by atoms with Gasteiger partial charge in [-0.3, -0.25) is 4.79 Å². The van der Waals surface area contributed by atoms with E-state index in [1.165, 1.54) is 6.07 Å². The summed E-state index contributed by atoms with van der Waals surface area (Å²) in [5.74, 6) is 0.662. The van der Waals surface area contributed by atoms with Crippen LogP contribution in [0.2, 0.25) is 0 Å². The molecule has 48 heavy (non-hydrogen) atoms. The van der Waals surface area contributed by atoms with E-state index in [2.05, 4.69) is 15.3 Å². The maximum absolute atomic E-state index is 14.2. The quantitative estimate of drug-likeness (QED) is 0.170. The SMILES string of the molecule is CNC[C@@H]1CC[C@]2(O[C@@H]2CCc2cc(N)nc(-c3ccnc(N)c3)c2)C(=O)O[C@@H]2[C@@H](C1)c1c(cc3oc(C)cc(=O)c3c1O)OC2(C)C. The van der Waals surface area contributed by atoms with E-state index in [4.69, 9.17) is 30.1 Å². The number of ether oxygens (including phenoxy) is 3. The lowest BCUT2D eigenvalue weighted by atomic mass is 9.75. The zero-order valence-electron chi connectivity index (χ0n) is 27.5. The number of carbonyl (C=O) groups excluding carboxylic acids is 1. The number of aromatic nitrogens is 2. The van der Waals surface area contributed by atoms with Gasteiger partial charge < -0.3 is 40.5 Å². The molecule has 3 aromatic heterocycles. The Hall–Kier alpha value is -4.68. The maximum Gasteiger partial charge on any atom is 0.341 e. The van der Waals surface area contributed by atoms with Crippen LogP contribution in [0.5, 0.6) is 11.5 Å². The fourth-order valence-corrected chi connectivity index (χ4v) is 7.71. The molecule has 6 heterocycles. The number of esters is 1. The number of hydrogen-bond donors (Lipinski definition) is 4. The number of nitrogen functional groups attached to an aromatic ring is 2. The highest BCUT2D eigenvalue weighted by atomic mass is 16.7. The van der Waals surface area contributed by atoms with Gasteiger partial charge in [0.05, 0.1) is 11.8 Å². The van der Waals surface area contributed by atoms with Gasteiger partial charge in [0, 0.05) is 35.4 Å². The molecule has 1 spiro atoms. The van der Waals surface area contributed by atoms with Gasteiger partial charge in [0.1, 0.15) is 51.6 Å². The van der Waals surface area contributed by atoms with Crippen LogP contribution < -0.4 is 26.9 Å². The molecule has 0 amide bonds. The predicted octanol–water partition coefficient (Wildman–Crippen LogP) is 4.38. The second-order valence-corrected chi connectivity index (χ2v) is 13.9. The first-order valence-electron chi connectivity index (χ1n) is 16.4. The van der Waals surface area contributed by atoms with Crippen LogP contribution >= 0.6 is 0 Å². The predicted molar refractivity (Wildman–Crippen MR) is 180 cm³/mol. The van der Waals surface area contributed by atoms with Crippen molar-refractivity contribution >= 4 is 28.6 Å². The topological polar surface area (TPSA) is 188 Å². The third kappa shape index (κ3) is 5.62. The van der Waals surface area contributed by atoms with Gasteiger partial charge in [0.25, 0.3) is 0 Å². The minimum atomic E-state index is -1.10. The van der Waals surface area contributed by atoms with Crippen molar-refractivity contribution in [2.24, 2.45) is 5.92 Å². The van der Waals surface area contributed by atoms with Gasteiger partial charge in [-0.2, -0.15) is 0 Å². The molecule has 3 aliphatic rings. The number of fused-ring (bicyclic) bond motifs is 4. The number of phenols is 1. The highest BCUT2D eigenvalue weighted by Crippen LogP contribution is 2.54. The Morgan fingerprint density at radius 2 is 1.92 bits per heavy atom. The minimum Gasteiger partial charge on any atom is -0.507 e. The standard InChI is InChI=1S/C36H41N5O7/c1-18-11-24(42)31-25(45-18)16-26-30(32(31)43)22-12-20(17-39-4)7-9-36(34(44)46-33(22)35(2,3)47-26)27(48-36)6-5-19-13-23(41-29(38)14-19)21-8-10-40-28(37)15-21/h8,10-11,13-16,20,22,27,33,39,43H,5-7,9,12,17H2,1-4H3,(H2,37,40)(H2,38,41)/t20-,22+,27-,33-,36-/m1/s1. The van der Waals surface area contributed by atoms with Crippen LogP contribution in [0.4, 0.5) is 11.6 Å². The van der Waals surface area contributed by atoms with Gasteiger partial charge in [0.15, 0.2) is 11.0 Å². The smallest absolute Gasteiger partial charge is 0.341 e.